The van der Waals surface area contributed by atoms with Gasteiger partial charge in [0.15, 0.2) is 0 Å². The van der Waals surface area contributed by atoms with Gasteiger partial charge in [0.2, 0.25) is 0 Å². The molecule has 1 aromatic carbocycles. The summed E-state index contributed by atoms with van der Waals surface area (Å²) in [6.45, 7) is 0.963. The molecule has 0 spiro atoms. The van der Waals surface area contributed by atoms with E-state index in [-0.39, 0.29) is 6.61 Å². The summed E-state index contributed by atoms with van der Waals surface area (Å²) in [5, 5.41) is 9.36. The second kappa shape index (κ2) is 4.18. The van der Waals surface area contributed by atoms with E-state index >= 15 is 0 Å². The molecule has 0 saturated heterocycles. The summed E-state index contributed by atoms with van der Waals surface area (Å²) >= 11 is 0. The zero-order valence-electron chi connectivity index (χ0n) is 9.50. The first-order valence-corrected chi connectivity index (χ1v) is 5.80. The number of fused-ring (bicyclic) bond motifs is 1. The Morgan fingerprint density at radius 3 is 2.94 bits per heavy atom. The van der Waals surface area contributed by atoms with Crippen LogP contribution in [0.15, 0.2) is 42.6 Å². The van der Waals surface area contributed by atoms with Gasteiger partial charge in [-0.2, -0.15) is 0 Å². The molecule has 1 aliphatic rings. The number of hydrogen-bond donors (Lipinski definition) is 1. The van der Waals surface area contributed by atoms with Gasteiger partial charge in [0.25, 0.3) is 0 Å². The van der Waals surface area contributed by atoms with Gasteiger partial charge in [-0.1, -0.05) is 24.3 Å². The molecule has 0 amide bonds. The molecule has 1 aromatic heterocycles. The number of para-hydroxylation sites is 1. The maximum Gasteiger partial charge on any atom is 0.138 e. The SMILES string of the molecule is OCc1cccnc1N1CCc2ccccc21. The van der Waals surface area contributed by atoms with Crippen LogP contribution in [0.5, 0.6) is 0 Å². The summed E-state index contributed by atoms with van der Waals surface area (Å²) in [4.78, 5) is 6.58. The number of hydrogen-bond acceptors (Lipinski definition) is 3. The molecule has 3 nitrogen and oxygen atoms in total. The minimum atomic E-state index is 0.0296. The number of pyridine rings is 1. The second-order valence-corrected chi connectivity index (χ2v) is 4.17. The van der Waals surface area contributed by atoms with E-state index in [4.69, 9.17) is 0 Å². The number of aliphatic hydroxyl groups excluding tert-OH is 1. The monoisotopic (exact) mass is 226 g/mol. The van der Waals surface area contributed by atoms with Crippen LogP contribution in [-0.2, 0) is 13.0 Å². The zero-order chi connectivity index (χ0) is 11.7. The van der Waals surface area contributed by atoms with Crippen molar-refractivity contribution < 1.29 is 5.11 Å². The number of aromatic nitrogens is 1. The van der Waals surface area contributed by atoms with Crippen molar-refractivity contribution in [2.75, 3.05) is 11.4 Å². The van der Waals surface area contributed by atoms with Crippen LogP contribution in [0.2, 0.25) is 0 Å². The van der Waals surface area contributed by atoms with E-state index in [9.17, 15) is 5.11 Å². The quantitative estimate of drug-likeness (QED) is 0.853. The van der Waals surface area contributed by atoms with Crippen LogP contribution in [0.25, 0.3) is 0 Å². The minimum Gasteiger partial charge on any atom is -0.392 e. The second-order valence-electron chi connectivity index (χ2n) is 4.17. The van der Waals surface area contributed by atoms with Crippen LogP contribution in [0.3, 0.4) is 0 Å². The highest BCUT2D eigenvalue weighted by atomic mass is 16.3. The number of anilines is 2. The lowest BCUT2D eigenvalue weighted by atomic mass is 10.2. The average molecular weight is 226 g/mol. The normalized spacial score (nSPS) is 13.8. The highest BCUT2D eigenvalue weighted by Gasteiger charge is 2.22. The number of nitrogens with zero attached hydrogens (tertiary/aromatic N) is 2. The Bertz CT molecular complexity index is 539. The predicted molar refractivity (Wildman–Crippen MR) is 67.3 cm³/mol. The first kappa shape index (κ1) is 10.3. The van der Waals surface area contributed by atoms with Gasteiger partial charge < -0.3 is 10.0 Å². The van der Waals surface area contributed by atoms with Crippen molar-refractivity contribution in [3.05, 3.63) is 53.7 Å². The van der Waals surface area contributed by atoms with Crippen molar-refractivity contribution in [2.24, 2.45) is 0 Å². The van der Waals surface area contributed by atoms with Crippen LogP contribution in [0, 0.1) is 0 Å². The summed E-state index contributed by atoms with van der Waals surface area (Å²) in [7, 11) is 0. The van der Waals surface area contributed by atoms with Crippen molar-refractivity contribution in [3.63, 3.8) is 0 Å². The molecule has 3 heteroatoms. The van der Waals surface area contributed by atoms with Gasteiger partial charge in [-0.25, -0.2) is 4.98 Å². The number of benzene rings is 1. The molecule has 86 valence electrons. The predicted octanol–water partition coefficient (Wildman–Crippen LogP) is 2.27. The lowest BCUT2D eigenvalue weighted by Gasteiger charge is -2.20. The van der Waals surface area contributed by atoms with Crippen molar-refractivity contribution in [2.45, 2.75) is 13.0 Å². The van der Waals surface area contributed by atoms with Crippen LogP contribution in [-0.4, -0.2) is 16.6 Å². The largest absolute Gasteiger partial charge is 0.392 e. The molecule has 1 aliphatic heterocycles. The van der Waals surface area contributed by atoms with E-state index in [0.717, 1.165) is 24.3 Å². The maximum atomic E-state index is 9.36. The number of rotatable bonds is 2. The summed E-state index contributed by atoms with van der Waals surface area (Å²) in [5.74, 6) is 0.875. The summed E-state index contributed by atoms with van der Waals surface area (Å²) < 4.78 is 0. The Labute approximate surface area is 100 Å². The van der Waals surface area contributed by atoms with Crippen LogP contribution >= 0.6 is 0 Å². The third kappa shape index (κ3) is 1.68. The van der Waals surface area contributed by atoms with E-state index in [2.05, 4.69) is 28.1 Å². The van der Waals surface area contributed by atoms with E-state index in [0.29, 0.717) is 0 Å². The zero-order valence-corrected chi connectivity index (χ0v) is 9.50. The maximum absolute atomic E-state index is 9.36. The molecule has 2 aromatic rings. The van der Waals surface area contributed by atoms with Gasteiger partial charge in [-0.15, -0.1) is 0 Å². The van der Waals surface area contributed by atoms with Crippen LogP contribution in [0.4, 0.5) is 11.5 Å². The molecule has 17 heavy (non-hydrogen) atoms. The smallest absolute Gasteiger partial charge is 0.138 e. The highest BCUT2D eigenvalue weighted by Crippen LogP contribution is 2.34. The third-order valence-electron chi connectivity index (χ3n) is 3.18. The van der Waals surface area contributed by atoms with Crippen molar-refractivity contribution in [3.8, 4) is 0 Å². The minimum absolute atomic E-state index is 0.0296. The Morgan fingerprint density at radius 1 is 1.18 bits per heavy atom. The molecule has 0 bridgehead atoms. The molecule has 0 aliphatic carbocycles. The summed E-state index contributed by atoms with van der Waals surface area (Å²) in [6.07, 6.45) is 2.81. The van der Waals surface area contributed by atoms with Crippen molar-refractivity contribution in [1.82, 2.24) is 4.98 Å². The van der Waals surface area contributed by atoms with E-state index < -0.39 is 0 Å². The van der Waals surface area contributed by atoms with Gasteiger partial charge in [-0.3, -0.25) is 0 Å². The molecule has 2 heterocycles. The Hall–Kier alpha value is -1.87. The van der Waals surface area contributed by atoms with Crippen molar-refractivity contribution >= 4 is 11.5 Å². The molecule has 0 radical (unpaired) electrons. The van der Waals surface area contributed by atoms with Gasteiger partial charge in [0, 0.05) is 24.0 Å². The molecule has 0 fully saturated rings. The Kier molecular flexibility index (Phi) is 2.53. The fourth-order valence-electron chi connectivity index (χ4n) is 2.35. The molecular weight excluding hydrogens is 212 g/mol. The van der Waals surface area contributed by atoms with Gasteiger partial charge >= 0.3 is 0 Å². The molecule has 0 atom stereocenters. The Morgan fingerprint density at radius 2 is 2.06 bits per heavy atom. The summed E-state index contributed by atoms with van der Waals surface area (Å²) in [5.41, 5.74) is 3.44. The molecular formula is C14H14N2O. The first-order chi connectivity index (χ1) is 8.40. The molecule has 1 N–H and O–H groups in total. The van der Waals surface area contributed by atoms with E-state index in [1.54, 1.807) is 6.20 Å². The van der Waals surface area contributed by atoms with Gasteiger partial charge in [-0.05, 0) is 24.1 Å². The van der Waals surface area contributed by atoms with Crippen molar-refractivity contribution in [1.29, 1.82) is 0 Å². The van der Waals surface area contributed by atoms with Crippen LogP contribution < -0.4 is 4.90 Å². The lowest BCUT2D eigenvalue weighted by Crippen LogP contribution is -2.16. The van der Waals surface area contributed by atoms with E-state index in [1.807, 2.05) is 18.2 Å². The molecule has 0 saturated carbocycles. The highest BCUT2D eigenvalue weighted by molar-refractivity contribution is 5.69. The third-order valence-corrected chi connectivity index (χ3v) is 3.18. The lowest BCUT2D eigenvalue weighted by molar-refractivity contribution is 0.282. The fourth-order valence-corrected chi connectivity index (χ4v) is 2.35. The fraction of sp³-hybridized carbons (Fsp3) is 0.214. The topological polar surface area (TPSA) is 36.4 Å². The Balaban J connectivity index is 2.07. The van der Waals surface area contributed by atoms with Gasteiger partial charge in [0.05, 0.1) is 6.61 Å². The average Bonchev–Trinajstić information content (AvgIpc) is 2.82. The van der Waals surface area contributed by atoms with E-state index in [1.165, 1.54) is 11.3 Å². The number of aliphatic hydroxyl groups is 1. The molecule has 0 unspecified atom stereocenters. The van der Waals surface area contributed by atoms with Gasteiger partial charge in [0.1, 0.15) is 5.82 Å². The first-order valence-electron chi connectivity index (χ1n) is 5.80. The molecule has 3 rings (SSSR count). The summed E-state index contributed by atoms with van der Waals surface area (Å²) in [6, 6.07) is 12.1. The van der Waals surface area contributed by atoms with Crippen LogP contribution in [0.1, 0.15) is 11.1 Å². The standard InChI is InChI=1S/C14H14N2O/c17-10-12-5-3-8-15-14(12)16-9-7-11-4-1-2-6-13(11)16/h1-6,8,17H,7,9-10H2.